The van der Waals surface area contributed by atoms with Crippen molar-refractivity contribution in [2.24, 2.45) is 17.8 Å². The minimum absolute atomic E-state index is 1.14. The fourth-order valence-electron chi connectivity index (χ4n) is 2.33. The highest BCUT2D eigenvalue weighted by Gasteiger charge is 2.46. The Kier molecular flexibility index (Phi) is 0.902. The van der Waals surface area contributed by atoms with Gasteiger partial charge in [-0.3, -0.25) is 0 Å². The van der Waals surface area contributed by atoms with Crippen molar-refractivity contribution >= 4 is 0 Å². The zero-order valence-corrected chi connectivity index (χ0v) is 5.56. The van der Waals surface area contributed by atoms with Crippen LogP contribution in [0.5, 0.6) is 0 Å². The summed E-state index contributed by atoms with van der Waals surface area (Å²) in [5, 5.41) is 0. The van der Waals surface area contributed by atoms with E-state index in [1.54, 1.807) is 19.3 Å². The van der Waals surface area contributed by atoms with Crippen LogP contribution in [0.15, 0.2) is 0 Å². The second kappa shape index (κ2) is 1.49. The molecule has 2 aliphatic rings. The van der Waals surface area contributed by atoms with E-state index in [-0.39, 0.29) is 0 Å². The lowest BCUT2D eigenvalue weighted by Crippen LogP contribution is -1.94. The zero-order valence-electron chi connectivity index (χ0n) is 5.56. The summed E-state index contributed by atoms with van der Waals surface area (Å²) in [4.78, 5) is 0. The van der Waals surface area contributed by atoms with Gasteiger partial charge in [-0.1, -0.05) is 13.3 Å². The number of hydrogen-bond donors (Lipinski definition) is 0. The van der Waals surface area contributed by atoms with Crippen molar-refractivity contribution in [2.45, 2.75) is 32.6 Å². The summed E-state index contributed by atoms with van der Waals surface area (Å²) in [6.07, 6.45) is 6.13. The molecule has 0 saturated heterocycles. The summed E-state index contributed by atoms with van der Waals surface area (Å²) in [7, 11) is 0. The van der Waals surface area contributed by atoms with Crippen LogP contribution < -0.4 is 0 Å². The van der Waals surface area contributed by atoms with Gasteiger partial charge in [0, 0.05) is 0 Å². The molecule has 0 radical (unpaired) electrons. The van der Waals surface area contributed by atoms with Crippen LogP contribution in [-0.4, -0.2) is 0 Å². The second-order valence-electron chi connectivity index (χ2n) is 3.41. The Labute approximate surface area is 51.3 Å². The highest BCUT2D eigenvalue weighted by atomic mass is 14.5. The highest BCUT2D eigenvalue weighted by molar-refractivity contribution is 4.96. The van der Waals surface area contributed by atoms with Crippen LogP contribution in [0.2, 0.25) is 0 Å². The van der Waals surface area contributed by atoms with E-state index in [2.05, 4.69) is 6.92 Å². The van der Waals surface area contributed by atoms with Gasteiger partial charge in [0.1, 0.15) is 0 Å². The Morgan fingerprint density at radius 2 is 2.25 bits per heavy atom. The van der Waals surface area contributed by atoms with E-state index in [0.29, 0.717) is 0 Å². The van der Waals surface area contributed by atoms with Gasteiger partial charge in [-0.05, 0) is 37.0 Å². The first-order chi connectivity index (χ1) is 3.92. The quantitative estimate of drug-likeness (QED) is 0.486. The first-order valence-corrected chi connectivity index (χ1v) is 3.92. The molecule has 2 unspecified atom stereocenters. The Morgan fingerprint density at radius 3 is 2.50 bits per heavy atom. The average Bonchev–Trinajstić information content (AvgIpc) is 2.46. The molecule has 2 saturated carbocycles. The molecule has 2 aliphatic carbocycles. The maximum absolute atomic E-state index is 2.34. The average molecular weight is 110 g/mol. The van der Waals surface area contributed by atoms with E-state index in [1.807, 2.05) is 0 Å². The molecule has 0 aliphatic heterocycles. The van der Waals surface area contributed by atoms with Crippen molar-refractivity contribution in [3.05, 3.63) is 0 Å². The molecule has 0 spiro atoms. The van der Waals surface area contributed by atoms with Crippen molar-refractivity contribution in [1.29, 1.82) is 0 Å². The lowest BCUT2D eigenvalue weighted by atomic mass is 10.0. The van der Waals surface area contributed by atoms with Gasteiger partial charge >= 0.3 is 0 Å². The van der Waals surface area contributed by atoms with Gasteiger partial charge in [0.15, 0.2) is 0 Å². The number of rotatable bonds is 1. The fraction of sp³-hybridized carbons (Fsp3) is 1.00. The van der Waals surface area contributed by atoms with E-state index in [9.17, 15) is 0 Å². The molecule has 46 valence electrons. The Morgan fingerprint density at radius 1 is 1.38 bits per heavy atom. The zero-order chi connectivity index (χ0) is 5.56. The molecule has 0 nitrogen and oxygen atoms in total. The predicted molar refractivity (Wildman–Crippen MR) is 34.6 cm³/mol. The first kappa shape index (κ1) is 4.84. The van der Waals surface area contributed by atoms with E-state index >= 15 is 0 Å². The van der Waals surface area contributed by atoms with Crippen LogP contribution in [0.4, 0.5) is 0 Å². The minimum Gasteiger partial charge on any atom is -0.0651 e. The molecule has 0 aromatic heterocycles. The Bertz CT molecular complexity index is 96.2. The number of fused-ring (bicyclic) bond motifs is 1. The molecule has 0 N–H and O–H groups in total. The van der Waals surface area contributed by atoms with E-state index in [4.69, 9.17) is 0 Å². The fourth-order valence-corrected chi connectivity index (χ4v) is 2.33. The molecule has 0 heteroatoms. The Hall–Kier alpha value is 0. The molecule has 8 heavy (non-hydrogen) atoms. The molecule has 0 bridgehead atoms. The van der Waals surface area contributed by atoms with Gasteiger partial charge < -0.3 is 0 Å². The summed E-state index contributed by atoms with van der Waals surface area (Å²) in [5.41, 5.74) is 0. The smallest absolute Gasteiger partial charge is 0.0355 e. The van der Waals surface area contributed by atoms with Crippen LogP contribution in [0.1, 0.15) is 32.6 Å². The van der Waals surface area contributed by atoms with Crippen molar-refractivity contribution in [3.63, 3.8) is 0 Å². The summed E-state index contributed by atoms with van der Waals surface area (Å²) < 4.78 is 0. The third-order valence-corrected chi connectivity index (χ3v) is 3.02. The van der Waals surface area contributed by atoms with Crippen LogP contribution in [0, 0.1) is 17.8 Å². The largest absolute Gasteiger partial charge is 0.0651 e. The van der Waals surface area contributed by atoms with Gasteiger partial charge in [0.05, 0.1) is 0 Å². The van der Waals surface area contributed by atoms with Crippen LogP contribution in [-0.2, 0) is 0 Å². The Balaban J connectivity index is 1.97. The number of hydrogen-bond acceptors (Lipinski definition) is 0. The molecule has 2 fully saturated rings. The monoisotopic (exact) mass is 110 g/mol. The highest BCUT2D eigenvalue weighted by Crippen LogP contribution is 2.56. The lowest BCUT2D eigenvalue weighted by Gasteiger charge is -2.04. The molecule has 0 amide bonds. The van der Waals surface area contributed by atoms with Crippen molar-refractivity contribution in [2.75, 3.05) is 0 Å². The van der Waals surface area contributed by atoms with Gasteiger partial charge in [-0.2, -0.15) is 0 Å². The SMILES string of the molecule is CC[C@H]1CCC2CC21. The minimum atomic E-state index is 1.14. The molecule has 0 aromatic carbocycles. The summed E-state index contributed by atoms with van der Waals surface area (Å²) >= 11 is 0. The molecule has 0 heterocycles. The van der Waals surface area contributed by atoms with Gasteiger partial charge in [-0.15, -0.1) is 0 Å². The standard InChI is InChI=1S/C8H14/c1-2-6-3-4-7-5-8(6)7/h6-8H,2-5H2,1H3/t6-,7?,8?/m0/s1. The van der Waals surface area contributed by atoms with Crippen molar-refractivity contribution < 1.29 is 0 Å². The van der Waals surface area contributed by atoms with Gasteiger partial charge in [-0.25, -0.2) is 0 Å². The van der Waals surface area contributed by atoms with Crippen molar-refractivity contribution in [1.82, 2.24) is 0 Å². The molecular weight excluding hydrogens is 96.1 g/mol. The second-order valence-corrected chi connectivity index (χ2v) is 3.41. The topological polar surface area (TPSA) is 0 Å². The van der Waals surface area contributed by atoms with Crippen LogP contribution >= 0.6 is 0 Å². The van der Waals surface area contributed by atoms with Gasteiger partial charge in [0.25, 0.3) is 0 Å². The molecule has 0 aromatic rings. The van der Waals surface area contributed by atoms with Crippen LogP contribution in [0.3, 0.4) is 0 Å². The molecular formula is C8H14. The first-order valence-electron chi connectivity index (χ1n) is 3.92. The third-order valence-electron chi connectivity index (χ3n) is 3.02. The van der Waals surface area contributed by atoms with E-state index in [1.165, 1.54) is 18.3 Å². The summed E-state index contributed by atoms with van der Waals surface area (Å²) in [6, 6.07) is 0. The van der Waals surface area contributed by atoms with E-state index in [0.717, 1.165) is 5.92 Å². The van der Waals surface area contributed by atoms with Crippen molar-refractivity contribution in [3.8, 4) is 0 Å². The normalized spacial score (nSPS) is 51.4. The summed E-state index contributed by atoms with van der Waals surface area (Å²) in [5.74, 6) is 3.53. The molecule has 3 atom stereocenters. The summed E-state index contributed by atoms with van der Waals surface area (Å²) in [6.45, 7) is 2.34. The maximum Gasteiger partial charge on any atom is -0.0355 e. The predicted octanol–water partition coefficient (Wildman–Crippen LogP) is 2.44. The lowest BCUT2D eigenvalue weighted by molar-refractivity contribution is 0.465. The third kappa shape index (κ3) is 0.519. The van der Waals surface area contributed by atoms with E-state index < -0.39 is 0 Å². The van der Waals surface area contributed by atoms with Gasteiger partial charge in [0.2, 0.25) is 0 Å². The molecule has 2 rings (SSSR count). The maximum atomic E-state index is 2.34. The van der Waals surface area contributed by atoms with Crippen LogP contribution in [0.25, 0.3) is 0 Å².